The summed E-state index contributed by atoms with van der Waals surface area (Å²) in [5.74, 6) is 0. The van der Waals surface area contributed by atoms with E-state index in [-0.39, 0.29) is 0 Å². The average Bonchev–Trinajstić information content (AvgIpc) is 1.68. The molecular weight excluding hydrogens is 94.0 g/mol. The first-order chi connectivity index (χ1) is 3.31. The average molecular weight is 99.1 g/mol. The van der Waals surface area contributed by atoms with Crippen LogP contribution < -0.4 is 5.32 Å². The lowest BCUT2D eigenvalue weighted by atomic mass is 11.1. The zero-order chi connectivity index (χ0) is 5.70. The van der Waals surface area contributed by atoms with Gasteiger partial charge in [0.15, 0.2) is 0 Å². The van der Waals surface area contributed by atoms with Gasteiger partial charge in [-0.15, -0.1) is 0 Å². The van der Waals surface area contributed by atoms with Crippen molar-refractivity contribution in [2.45, 2.75) is 0 Å². The van der Waals surface area contributed by atoms with Crippen LogP contribution in [0.15, 0.2) is 0 Å². The van der Waals surface area contributed by atoms with Gasteiger partial charge in [-0.05, 0) is 0 Å². The molecule has 0 spiro atoms. The molecule has 0 aliphatic carbocycles. The third-order valence-corrected chi connectivity index (χ3v) is 0.356. The predicted octanol–water partition coefficient (Wildman–Crippen LogP) is -0.0669. The number of hydrogen-bond acceptors (Lipinski definition) is 2. The molecule has 0 heterocycles. The molecule has 0 unspecified atom stereocenters. The molecule has 0 atom stereocenters. The highest BCUT2D eigenvalue weighted by molar-refractivity contribution is 5.67. The lowest BCUT2D eigenvalue weighted by Gasteiger charge is -1.88. The Morgan fingerprint density at radius 3 is 2.71 bits per heavy atom. The molecule has 0 radical (unpaired) electrons. The van der Waals surface area contributed by atoms with Crippen LogP contribution in [0.25, 0.3) is 0 Å². The molecule has 0 aromatic carbocycles. The van der Waals surface area contributed by atoms with Crippen molar-refractivity contribution in [3.05, 3.63) is 0 Å². The quantitative estimate of drug-likeness (QED) is 0.432. The molecular formula is C4H5NO2. The highest BCUT2D eigenvalue weighted by Gasteiger charge is 1.88. The fourth-order valence-corrected chi connectivity index (χ4v) is 0.105. The molecule has 1 amide bonds. The van der Waals surface area contributed by atoms with Gasteiger partial charge in [0.05, 0.1) is 0 Å². The maximum absolute atomic E-state index is 9.94. The first kappa shape index (κ1) is 5.83. The van der Waals surface area contributed by atoms with Crippen molar-refractivity contribution < 1.29 is 9.53 Å². The zero-order valence-corrected chi connectivity index (χ0v) is 3.89. The molecule has 0 aliphatic heterocycles. The Kier molecular flexibility index (Phi) is 2.53. The van der Waals surface area contributed by atoms with E-state index in [2.05, 4.69) is 16.5 Å². The van der Waals surface area contributed by atoms with Crippen LogP contribution in [0.1, 0.15) is 0 Å². The van der Waals surface area contributed by atoms with E-state index in [4.69, 9.17) is 0 Å². The Balaban J connectivity index is 3.23. The Morgan fingerprint density at radius 2 is 2.57 bits per heavy atom. The topological polar surface area (TPSA) is 38.3 Å². The monoisotopic (exact) mass is 99.0 g/mol. The van der Waals surface area contributed by atoms with E-state index in [1.165, 1.54) is 7.05 Å². The molecule has 7 heavy (non-hydrogen) atoms. The Labute approximate surface area is 41.7 Å². The van der Waals surface area contributed by atoms with Crippen LogP contribution in [0.3, 0.4) is 0 Å². The molecule has 3 nitrogen and oxygen atoms in total. The molecule has 0 fully saturated rings. The summed E-state index contributed by atoms with van der Waals surface area (Å²) in [6.07, 6.45) is 5.67. The van der Waals surface area contributed by atoms with Gasteiger partial charge in [0.1, 0.15) is 6.11 Å². The van der Waals surface area contributed by atoms with E-state index in [0.717, 1.165) is 0 Å². The van der Waals surface area contributed by atoms with Crippen molar-refractivity contribution in [2.24, 2.45) is 0 Å². The van der Waals surface area contributed by atoms with Crippen molar-refractivity contribution in [2.75, 3.05) is 7.05 Å². The van der Waals surface area contributed by atoms with E-state index in [1.54, 1.807) is 6.11 Å². The van der Waals surface area contributed by atoms with Crippen molar-refractivity contribution >= 4 is 6.09 Å². The van der Waals surface area contributed by atoms with Crippen LogP contribution in [0.4, 0.5) is 4.79 Å². The second kappa shape index (κ2) is 3.04. The van der Waals surface area contributed by atoms with E-state index in [0.29, 0.717) is 0 Å². The smallest absolute Gasteiger partial charge is 0.356 e. The highest BCUT2D eigenvalue weighted by Crippen LogP contribution is 1.66. The largest absolute Gasteiger partial charge is 0.420 e. The van der Waals surface area contributed by atoms with Gasteiger partial charge in [-0.3, -0.25) is 0 Å². The molecule has 0 saturated carbocycles. The summed E-state index contributed by atoms with van der Waals surface area (Å²) in [5.41, 5.74) is 0. The minimum absolute atomic E-state index is 0.609. The fraction of sp³-hybridized carbons (Fsp3) is 0.250. The van der Waals surface area contributed by atoms with Gasteiger partial charge >= 0.3 is 6.09 Å². The normalized spacial score (nSPS) is 6.29. The molecule has 0 aromatic rings. The van der Waals surface area contributed by atoms with E-state index in [9.17, 15) is 4.79 Å². The number of alkyl carbamates (subject to hydrolysis) is 1. The maximum atomic E-state index is 9.94. The molecule has 1 N–H and O–H groups in total. The Hall–Kier alpha value is -1.17. The lowest BCUT2D eigenvalue weighted by molar-refractivity contribution is 0.194. The number of ether oxygens (including phenoxy) is 1. The molecule has 38 valence electrons. The van der Waals surface area contributed by atoms with Crippen molar-refractivity contribution in [1.82, 2.24) is 5.32 Å². The molecule has 0 saturated heterocycles. The van der Waals surface area contributed by atoms with Gasteiger partial charge in [-0.1, -0.05) is 6.42 Å². The van der Waals surface area contributed by atoms with Crippen LogP contribution in [-0.2, 0) is 4.74 Å². The van der Waals surface area contributed by atoms with Crippen molar-refractivity contribution in [1.29, 1.82) is 0 Å². The third kappa shape index (κ3) is 2.64. The minimum atomic E-state index is -0.609. The van der Waals surface area contributed by atoms with Crippen LogP contribution >= 0.6 is 0 Å². The number of amides is 1. The number of carbonyl (C=O) groups is 1. The SMILES string of the molecule is C#COC(=O)NC. The second-order valence-electron chi connectivity index (χ2n) is 0.757. The second-order valence-corrected chi connectivity index (χ2v) is 0.757. The van der Waals surface area contributed by atoms with Crippen LogP contribution in [-0.4, -0.2) is 13.1 Å². The summed E-state index contributed by atoms with van der Waals surface area (Å²) >= 11 is 0. The van der Waals surface area contributed by atoms with Gasteiger partial charge in [-0.25, -0.2) is 4.79 Å². The number of rotatable bonds is 0. The summed E-state index contributed by atoms with van der Waals surface area (Å²) in [5, 5.41) is 2.16. The lowest BCUT2D eigenvalue weighted by Crippen LogP contribution is -2.16. The maximum Gasteiger partial charge on any atom is 0.420 e. The van der Waals surface area contributed by atoms with E-state index in [1.807, 2.05) is 0 Å². The van der Waals surface area contributed by atoms with Crippen molar-refractivity contribution in [3.8, 4) is 12.5 Å². The molecule has 3 heteroatoms. The van der Waals surface area contributed by atoms with Gasteiger partial charge in [0, 0.05) is 7.05 Å². The molecule has 0 aromatic heterocycles. The van der Waals surface area contributed by atoms with Crippen LogP contribution in [0, 0.1) is 12.5 Å². The number of hydrogen-bond donors (Lipinski definition) is 1. The summed E-state index contributed by atoms with van der Waals surface area (Å²) in [7, 11) is 1.43. The fourth-order valence-electron chi connectivity index (χ4n) is 0.105. The summed E-state index contributed by atoms with van der Waals surface area (Å²) in [6.45, 7) is 0. The van der Waals surface area contributed by atoms with Gasteiger partial charge in [0.2, 0.25) is 0 Å². The van der Waals surface area contributed by atoms with E-state index < -0.39 is 6.09 Å². The van der Waals surface area contributed by atoms with Crippen LogP contribution in [0.2, 0.25) is 0 Å². The molecule has 0 bridgehead atoms. The van der Waals surface area contributed by atoms with Crippen molar-refractivity contribution in [3.63, 3.8) is 0 Å². The standard InChI is InChI=1S/C4H5NO2/c1-3-7-4(6)5-2/h1H,2H3,(H,5,6). The minimum Gasteiger partial charge on any atom is -0.356 e. The number of nitrogens with one attached hydrogen (secondary N) is 1. The molecule has 0 rings (SSSR count). The number of carbonyl (C=O) groups excluding carboxylic acids is 1. The Morgan fingerprint density at radius 1 is 2.00 bits per heavy atom. The predicted molar refractivity (Wildman–Crippen MR) is 24.4 cm³/mol. The van der Waals surface area contributed by atoms with Crippen LogP contribution in [0.5, 0.6) is 0 Å². The van der Waals surface area contributed by atoms with Gasteiger partial charge < -0.3 is 10.1 Å². The summed E-state index contributed by atoms with van der Waals surface area (Å²) in [6, 6.07) is 0. The first-order valence-electron chi connectivity index (χ1n) is 1.65. The summed E-state index contributed by atoms with van der Waals surface area (Å²) in [4.78, 5) is 9.94. The first-order valence-corrected chi connectivity index (χ1v) is 1.65. The highest BCUT2D eigenvalue weighted by atomic mass is 16.5. The Bertz CT molecular complexity index is 103. The third-order valence-electron chi connectivity index (χ3n) is 0.356. The number of terminal acetylenes is 1. The zero-order valence-electron chi connectivity index (χ0n) is 3.89. The van der Waals surface area contributed by atoms with Gasteiger partial charge in [-0.2, -0.15) is 0 Å². The van der Waals surface area contributed by atoms with E-state index >= 15 is 0 Å². The molecule has 0 aliphatic rings. The van der Waals surface area contributed by atoms with Gasteiger partial charge in [0.25, 0.3) is 0 Å². The summed E-state index contributed by atoms with van der Waals surface area (Å²) < 4.78 is 3.97.